The quantitative estimate of drug-likeness (QED) is 0.752. The molecule has 0 saturated heterocycles. The molecule has 1 saturated carbocycles. The summed E-state index contributed by atoms with van der Waals surface area (Å²) in [5.41, 5.74) is 1.38. The second kappa shape index (κ2) is 6.92. The number of hydrogen-bond donors (Lipinski definition) is 2. The van der Waals surface area contributed by atoms with Gasteiger partial charge in [0.25, 0.3) is 0 Å². The zero-order valence-corrected chi connectivity index (χ0v) is 13.3. The Bertz CT molecular complexity index is 713. The lowest BCUT2D eigenvalue weighted by atomic mass is 10.1. The maximum absolute atomic E-state index is 11.3. The molecule has 1 aliphatic carbocycles. The summed E-state index contributed by atoms with van der Waals surface area (Å²) in [7, 11) is 0. The number of carbonyl (C=O) groups is 1. The molecule has 0 spiro atoms. The summed E-state index contributed by atoms with van der Waals surface area (Å²) in [6, 6.07) is 12.2. The number of carboxylic acid groups (broad SMARTS) is 1. The minimum Gasteiger partial charge on any atom is -0.490 e. The number of aromatic carboxylic acids is 1. The molecule has 120 valence electrons. The minimum atomic E-state index is -0.980. The lowest BCUT2D eigenvalue weighted by Crippen LogP contribution is -2.05. The Morgan fingerprint density at radius 1 is 1.17 bits per heavy atom. The van der Waals surface area contributed by atoms with Crippen LogP contribution in [0.4, 0.5) is 11.4 Å². The van der Waals surface area contributed by atoms with E-state index in [4.69, 9.17) is 16.3 Å². The fourth-order valence-electron chi connectivity index (χ4n) is 2.41. The fraction of sp³-hybridized carbons (Fsp3) is 0.278. The molecule has 0 bridgehead atoms. The van der Waals surface area contributed by atoms with Gasteiger partial charge in [-0.1, -0.05) is 42.6 Å². The number of halogens is 1. The number of para-hydroxylation sites is 2. The molecule has 2 aromatic rings. The van der Waals surface area contributed by atoms with Gasteiger partial charge in [0.05, 0.1) is 28.6 Å². The van der Waals surface area contributed by atoms with Gasteiger partial charge >= 0.3 is 5.97 Å². The summed E-state index contributed by atoms with van der Waals surface area (Å²) in [5, 5.41) is 12.9. The molecule has 2 N–H and O–H groups in total. The SMILES string of the molecule is O=C(O)c1ccccc1Nc1cccc(Cl)c1OCCC1CC1. The Labute approximate surface area is 140 Å². The molecule has 23 heavy (non-hydrogen) atoms. The number of anilines is 2. The summed E-state index contributed by atoms with van der Waals surface area (Å²) in [6.45, 7) is 0.615. The molecule has 4 nitrogen and oxygen atoms in total. The molecule has 1 aliphatic rings. The van der Waals surface area contributed by atoms with E-state index in [9.17, 15) is 9.90 Å². The van der Waals surface area contributed by atoms with Gasteiger partial charge in [0.1, 0.15) is 0 Å². The summed E-state index contributed by atoms with van der Waals surface area (Å²) in [4.78, 5) is 11.3. The van der Waals surface area contributed by atoms with E-state index in [2.05, 4.69) is 5.32 Å². The van der Waals surface area contributed by atoms with E-state index >= 15 is 0 Å². The predicted octanol–water partition coefficient (Wildman–Crippen LogP) is 4.96. The smallest absolute Gasteiger partial charge is 0.337 e. The van der Waals surface area contributed by atoms with Crippen LogP contribution >= 0.6 is 11.6 Å². The van der Waals surface area contributed by atoms with Crippen LogP contribution in [0.3, 0.4) is 0 Å². The third-order valence-corrected chi connectivity index (χ3v) is 4.16. The highest BCUT2D eigenvalue weighted by Crippen LogP contribution is 2.37. The Morgan fingerprint density at radius 2 is 1.91 bits per heavy atom. The molecule has 0 aliphatic heterocycles. The van der Waals surface area contributed by atoms with Crippen molar-refractivity contribution in [3.05, 3.63) is 53.1 Å². The van der Waals surface area contributed by atoms with Gasteiger partial charge < -0.3 is 15.2 Å². The Hall–Kier alpha value is -2.20. The second-order valence-electron chi connectivity index (χ2n) is 5.67. The molecule has 0 amide bonds. The van der Waals surface area contributed by atoms with E-state index in [0.717, 1.165) is 12.3 Å². The summed E-state index contributed by atoms with van der Waals surface area (Å²) in [5.74, 6) is 0.364. The van der Waals surface area contributed by atoms with Crippen LogP contribution in [0, 0.1) is 5.92 Å². The number of carboxylic acids is 1. The third kappa shape index (κ3) is 3.96. The van der Waals surface area contributed by atoms with Crippen LogP contribution in [0.2, 0.25) is 5.02 Å². The van der Waals surface area contributed by atoms with Crippen molar-refractivity contribution in [1.29, 1.82) is 0 Å². The molecule has 0 radical (unpaired) electrons. The van der Waals surface area contributed by atoms with Crippen molar-refractivity contribution in [3.63, 3.8) is 0 Å². The van der Waals surface area contributed by atoms with Crippen molar-refractivity contribution in [2.24, 2.45) is 5.92 Å². The first kappa shape index (κ1) is 15.7. The second-order valence-corrected chi connectivity index (χ2v) is 6.08. The topological polar surface area (TPSA) is 58.6 Å². The van der Waals surface area contributed by atoms with Crippen LogP contribution in [0.1, 0.15) is 29.6 Å². The van der Waals surface area contributed by atoms with Gasteiger partial charge in [0.15, 0.2) is 5.75 Å². The van der Waals surface area contributed by atoms with Gasteiger partial charge in [-0.05, 0) is 36.6 Å². The molecular formula is C18H18ClNO3. The van der Waals surface area contributed by atoms with Gasteiger partial charge in [-0.2, -0.15) is 0 Å². The third-order valence-electron chi connectivity index (χ3n) is 3.86. The number of nitrogens with one attached hydrogen (secondary N) is 1. The van der Waals surface area contributed by atoms with Crippen LogP contribution in [0.25, 0.3) is 0 Å². The molecule has 0 atom stereocenters. The van der Waals surface area contributed by atoms with E-state index in [1.807, 2.05) is 12.1 Å². The Balaban J connectivity index is 1.81. The zero-order valence-electron chi connectivity index (χ0n) is 12.6. The first-order valence-corrected chi connectivity index (χ1v) is 8.03. The van der Waals surface area contributed by atoms with Crippen LogP contribution < -0.4 is 10.1 Å². The van der Waals surface area contributed by atoms with Crippen molar-refractivity contribution in [1.82, 2.24) is 0 Å². The first-order valence-electron chi connectivity index (χ1n) is 7.66. The van der Waals surface area contributed by atoms with Crippen molar-refractivity contribution in [2.45, 2.75) is 19.3 Å². The first-order chi connectivity index (χ1) is 11.1. The van der Waals surface area contributed by atoms with Crippen molar-refractivity contribution >= 4 is 28.9 Å². The van der Waals surface area contributed by atoms with E-state index in [0.29, 0.717) is 28.8 Å². The van der Waals surface area contributed by atoms with E-state index in [1.165, 1.54) is 12.8 Å². The molecule has 5 heteroatoms. The zero-order chi connectivity index (χ0) is 16.2. The van der Waals surface area contributed by atoms with Crippen LogP contribution in [0.15, 0.2) is 42.5 Å². The largest absolute Gasteiger partial charge is 0.490 e. The molecule has 0 aromatic heterocycles. The highest BCUT2D eigenvalue weighted by Gasteiger charge is 2.21. The average molecular weight is 332 g/mol. The molecule has 2 aromatic carbocycles. The van der Waals surface area contributed by atoms with Crippen molar-refractivity contribution in [2.75, 3.05) is 11.9 Å². The molecular weight excluding hydrogens is 314 g/mol. The highest BCUT2D eigenvalue weighted by molar-refractivity contribution is 6.32. The molecule has 0 unspecified atom stereocenters. The van der Waals surface area contributed by atoms with E-state index < -0.39 is 5.97 Å². The molecule has 1 fully saturated rings. The monoisotopic (exact) mass is 331 g/mol. The average Bonchev–Trinajstić information content (AvgIpc) is 3.34. The van der Waals surface area contributed by atoms with Crippen LogP contribution in [0.5, 0.6) is 5.75 Å². The maximum atomic E-state index is 11.3. The predicted molar refractivity (Wildman–Crippen MR) is 91.0 cm³/mol. The maximum Gasteiger partial charge on any atom is 0.337 e. The summed E-state index contributed by atoms with van der Waals surface area (Å²) >= 11 is 6.25. The highest BCUT2D eigenvalue weighted by atomic mass is 35.5. The number of benzene rings is 2. The minimum absolute atomic E-state index is 0.205. The van der Waals surface area contributed by atoms with Crippen LogP contribution in [-0.4, -0.2) is 17.7 Å². The Kier molecular flexibility index (Phi) is 4.72. The number of rotatable bonds is 7. The van der Waals surface area contributed by atoms with Gasteiger partial charge in [-0.3, -0.25) is 0 Å². The van der Waals surface area contributed by atoms with Gasteiger partial charge in [0, 0.05) is 0 Å². The van der Waals surface area contributed by atoms with Gasteiger partial charge in [-0.15, -0.1) is 0 Å². The van der Waals surface area contributed by atoms with Gasteiger partial charge in [-0.25, -0.2) is 4.79 Å². The lowest BCUT2D eigenvalue weighted by molar-refractivity contribution is 0.0698. The van der Waals surface area contributed by atoms with Gasteiger partial charge in [0.2, 0.25) is 0 Å². The number of hydrogen-bond acceptors (Lipinski definition) is 3. The number of ether oxygens (including phenoxy) is 1. The molecule has 3 rings (SSSR count). The fourth-order valence-corrected chi connectivity index (χ4v) is 2.64. The van der Waals surface area contributed by atoms with Crippen molar-refractivity contribution < 1.29 is 14.6 Å². The Morgan fingerprint density at radius 3 is 2.65 bits per heavy atom. The van der Waals surface area contributed by atoms with Crippen molar-refractivity contribution in [3.8, 4) is 5.75 Å². The summed E-state index contributed by atoms with van der Waals surface area (Å²) in [6.07, 6.45) is 3.59. The lowest BCUT2D eigenvalue weighted by Gasteiger charge is -2.15. The summed E-state index contributed by atoms with van der Waals surface area (Å²) < 4.78 is 5.85. The van der Waals surface area contributed by atoms with Crippen LogP contribution in [-0.2, 0) is 0 Å². The van der Waals surface area contributed by atoms with E-state index in [-0.39, 0.29) is 5.56 Å². The normalized spacial score (nSPS) is 13.6. The molecule has 0 heterocycles. The standard InChI is InChI=1S/C18H18ClNO3/c19-14-5-3-7-16(17(14)23-11-10-12-8-9-12)20-15-6-2-1-4-13(15)18(21)22/h1-7,12,20H,8-11H2,(H,21,22). The van der Waals surface area contributed by atoms with E-state index in [1.54, 1.807) is 30.3 Å².